The largest absolute Gasteiger partial charge is 0.350 e. The molecule has 2 rings (SSSR count). The zero-order valence-electron chi connectivity index (χ0n) is 10.9. The van der Waals surface area contributed by atoms with Gasteiger partial charge in [0.15, 0.2) is 0 Å². The Bertz CT molecular complexity index is 733. The van der Waals surface area contributed by atoms with Gasteiger partial charge in [0, 0.05) is 16.2 Å². The number of nitro groups is 2. The summed E-state index contributed by atoms with van der Waals surface area (Å²) >= 11 is 3.37. The van der Waals surface area contributed by atoms with E-state index in [4.69, 9.17) is 0 Å². The second kappa shape index (κ2) is 5.88. The third kappa shape index (κ3) is 3.34. The molecule has 0 atom stereocenters. The zero-order chi connectivity index (χ0) is 15.6. The lowest BCUT2D eigenvalue weighted by atomic mass is 10.2. The predicted octanol–water partition coefficient (Wildman–Crippen LogP) is 4.32. The molecule has 0 aromatic heterocycles. The van der Waals surface area contributed by atoms with Crippen LogP contribution < -0.4 is 5.32 Å². The van der Waals surface area contributed by atoms with Gasteiger partial charge in [-0.25, -0.2) is 0 Å². The third-order valence-corrected chi connectivity index (χ3v) is 3.72. The van der Waals surface area contributed by atoms with Crippen LogP contribution in [0, 0.1) is 27.2 Å². The van der Waals surface area contributed by atoms with Gasteiger partial charge < -0.3 is 5.32 Å². The number of halogens is 1. The molecule has 0 amide bonds. The number of non-ortho nitro benzene ring substituents is 1. The summed E-state index contributed by atoms with van der Waals surface area (Å²) in [6.07, 6.45) is 0. The van der Waals surface area contributed by atoms with Crippen LogP contribution in [0.5, 0.6) is 0 Å². The van der Waals surface area contributed by atoms with E-state index in [0.717, 1.165) is 16.1 Å². The van der Waals surface area contributed by atoms with Crippen LogP contribution in [0.3, 0.4) is 0 Å². The molecule has 0 aliphatic carbocycles. The van der Waals surface area contributed by atoms with Gasteiger partial charge in [-0.15, -0.1) is 0 Å². The lowest BCUT2D eigenvalue weighted by molar-refractivity contribution is -0.393. The molecule has 21 heavy (non-hydrogen) atoms. The van der Waals surface area contributed by atoms with Crippen LogP contribution in [0.2, 0.25) is 0 Å². The molecule has 0 heterocycles. The lowest BCUT2D eigenvalue weighted by Gasteiger charge is -2.08. The number of benzene rings is 2. The Morgan fingerprint density at radius 3 is 2.33 bits per heavy atom. The summed E-state index contributed by atoms with van der Waals surface area (Å²) in [5, 5.41) is 24.6. The maximum absolute atomic E-state index is 11.0. The first-order valence-electron chi connectivity index (χ1n) is 5.84. The Kier molecular flexibility index (Phi) is 4.18. The minimum absolute atomic E-state index is 0.201. The summed E-state index contributed by atoms with van der Waals surface area (Å²) in [4.78, 5) is 20.4. The van der Waals surface area contributed by atoms with Gasteiger partial charge in [0.25, 0.3) is 11.4 Å². The summed E-state index contributed by atoms with van der Waals surface area (Å²) in [6, 6.07) is 8.87. The van der Waals surface area contributed by atoms with E-state index < -0.39 is 9.85 Å². The second-order valence-electron chi connectivity index (χ2n) is 4.30. The topological polar surface area (TPSA) is 98.3 Å². The molecule has 0 aliphatic heterocycles. The summed E-state index contributed by atoms with van der Waals surface area (Å²) < 4.78 is 0.922. The average Bonchev–Trinajstić information content (AvgIpc) is 2.43. The molecule has 0 aliphatic rings. The molecule has 0 radical (unpaired) electrons. The van der Waals surface area contributed by atoms with Gasteiger partial charge in [-0.3, -0.25) is 20.2 Å². The Morgan fingerprint density at radius 2 is 1.76 bits per heavy atom. The number of nitrogens with one attached hydrogen (secondary N) is 1. The molecule has 0 spiro atoms. The zero-order valence-corrected chi connectivity index (χ0v) is 12.5. The van der Waals surface area contributed by atoms with Crippen LogP contribution in [0.1, 0.15) is 5.56 Å². The Labute approximate surface area is 128 Å². The van der Waals surface area contributed by atoms with Crippen molar-refractivity contribution >= 4 is 38.7 Å². The summed E-state index contributed by atoms with van der Waals surface area (Å²) in [7, 11) is 0. The van der Waals surface area contributed by atoms with E-state index in [1.54, 1.807) is 6.07 Å². The smallest absolute Gasteiger partial charge is 0.299 e. The third-order valence-electron chi connectivity index (χ3n) is 2.83. The molecular weight excluding hydrogens is 342 g/mol. The van der Waals surface area contributed by atoms with Crippen LogP contribution >= 0.6 is 15.9 Å². The van der Waals surface area contributed by atoms with Gasteiger partial charge in [-0.2, -0.15) is 0 Å². The van der Waals surface area contributed by atoms with Gasteiger partial charge >= 0.3 is 0 Å². The molecular formula is C13H10BrN3O4. The van der Waals surface area contributed by atoms with E-state index in [9.17, 15) is 20.2 Å². The SMILES string of the molecule is Cc1cc(Nc2ccc([N+](=O)[O-])cc2[N+](=O)[O-])ccc1Br. The van der Waals surface area contributed by atoms with E-state index in [-0.39, 0.29) is 17.1 Å². The fourth-order valence-corrected chi connectivity index (χ4v) is 2.01. The Morgan fingerprint density at radius 1 is 1.05 bits per heavy atom. The molecule has 2 aromatic rings. The highest BCUT2D eigenvalue weighted by atomic mass is 79.9. The van der Waals surface area contributed by atoms with E-state index in [2.05, 4.69) is 21.2 Å². The molecule has 0 saturated heterocycles. The van der Waals surface area contributed by atoms with Gasteiger partial charge in [0.05, 0.1) is 15.9 Å². The Balaban J connectivity index is 2.41. The first-order valence-corrected chi connectivity index (χ1v) is 6.64. The fraction of sp³-hybridized carbons (Fsp3) is 0.0769. The van der Waals surface area contributed by atoms with Gasteiger partial charge in [-0.05, 0) is 36.8 Å². The lowest BCUT2D eigenvalue weighted by Crippen LogP contribution is -1.99. The number of aryl methyl sites for hydroxylation is 1. The van der Waals surface area contributed by atoms with Crippen molar-refractivity contribution in [2.24, 2.45) is 0 Å². The summed E-state index contributed by atoms with van der Waals surface area (Å²) in [6.45, 7) is 1.89. The number of rotatable bonds is 4. The molecule has 1 N–H and O–H groups in total. The summed E-state index contributed by atoms with van der Waals surface area (Å²) in [5.41, 5.74) is 1.16. The number of nitro benzene ring substituents is 2. The van der Waals surface area contributed by atoms with Crippen molar-refractivity contribution in [1.82, 2.24) is 0 Å². The van der Waals surface area contributed by atoms with Crippen molar-refractivity contribution in [3.63, 3.8) is 0 Å². The standard InChI is InChI=1S/C13H10BrN3O4/c1-8-6-9(2-4-11(8)14)15-12-5-3-10(16(18)19)7-13(12)17(20)21/h2-7,15H,1H3. The van der Waals surface area contributed by atoms with E-state index in [0.29, 0.717) is 5.69 Å². The molecule has 0 bridgehead atoms. The van der Waals surface area contributed by atoms with Crippen molar-refractivity contribution in [3.05, 3.63) is 66.7 Å². The highest BCUT2D eigenvalue weighted by Crippen LogP contribution is 2.32. The van der Waals surface area contributed by atoms with Crippen LogP contribution in [-0.2, 0) is 0 Å². The number of hydrogen-bond acceptors (Lipinski definition) is 5. The van der Waals surface area contributed by atoms with Crippen LogP contribution in [0.4, 0.5) is 22.7 Å². The first kappa shape index (κ1) is 14.9. The van der Waals surface area contributed by atoms with Crippen molar-refractivity contribution in [2.45, 2.75) is 6.92 Å². The minimum atomic E-state index is -0.666. The highest BCUT2D eigenvalue weighted by Gasteiger charge is 2.19. The first-order chi connectivity index (χ1) is 9.88. The molecule has 7 nitrogen and oxygen atoms in total. The number of hydrogen-bond donors (Lipinski definition) is 1. The molecule has 0 fully saturated rings. The van der Waals surface area contributed by atoms with Crippen molar-refractivity contribution in [3.8, 4) is 0 Å². The predicted molar refractivity (Wildman–Crippen MR) is 81.9 cm³/mol. The molecule has 0 saturated carbocycles. The Hall–Kier alpha value is -2.48. The van der Waals surface area contributed by atoms with Gasteiger partial charge in [0.1, 0.15) is 5.69 Å². The van der Waals surface area contributed by atoms with Crippen molar-refractivity contribution in [2.75, 3.05) is 5.32 Å². The van der Waals surface area contributed by atoms with E-state index >= 15 is 0 Å². The van der Waals surface area contributed by atoms with Crippen LogP contribution in [0.15, 0.2) is 40.9 Å². The summed E-state index contributed by atoms with van der Waals surface area (Å²) in [5.74, 6) is 0. The molecule has 108 valence electrons. The average molecular weight is 352 g/mol. The van der Waals surface area contributed by atoms with Gasteiger partial charge in [-0.1, -0.05) is 15.9 Å². The highest BCUT2D eigenvalue weighted by molar-refractivity contribution is 9.10. The fourth-order valence-electron chi connectivity index (χ4n) is 1.77. The monoisotopic (exact) mass is 351 g/mol. The van der Waals surface area contributed by atoms with Crippen LogP contribution in [-0.4, -0.2) is 9.85 Å². The van der Waals surface area contributed by atoms with Gasteiger partial charge in [0.2, 0.25) is 0 Å². The molecule has 8 heteroatoms. The maximum Gasteiger partial charge on any atom is 0.299 e. The van der Waals surface area contributed by atoms with Crippen molar-refractivity contribution < 1.29 is 9.85 Å². The van der Waals surface area contributed by atoms with E-state index in [1.807, 2.05) is 19.1 Å². The maximum atomic E-state index is 11.0. The normalized spacial score (nSPS) is 10.2. The van der Waals surface area contributed by atoms with Crippen molar-refractivity contribution in [1.29, 1.82) is 0 Å². The molecule has 2 aromatic carbocycles. The second-order valence-corrected chi connectivity index (χ2v) is 5.16. The van der Waals surface area contributed by atoms with Crippen LogP contribution in [0.25, 0.3) is 0 Å². The van der Waals surface area contributed by atoms with E-state index in [1.165, 1.54) is 12.1 Å². The number of nitrogens with zero attached hydrogens (tertiary/aromatic N) is 2. The number of anilines is 2. The molecule has 0 unspecified atom stereocenters. The quantitative estimate of drug-likeness (QED) is 0.653. The minimum Gasteiger partial charge on any atom is -0.350 e.